The molecule has 0 bridgehead atoms. The van der Waals surface area contributed by atoms with Gasteiger partial charge in [-0.2, -0.15) is 0 Å². The van der Waals surface area contributed by atoms with Gasteiger partial charge in [0.2, 0.25) is 0 Å². The number of carbonyl (C=O) groups excluding carboxylic acids is 1. The third-order valence-electron chi connectivity index (χ3n) is 4.30. The lowest BCUT2D eigenvalue weighted by atomic mass is 10.2. The molecule has 140 valence electrons. The first-order chi connectivity index (χ1) is 13.5. The number of benzene rings is 2. The highest BCUT2D eigenvalue weighted by atomic mass is 35.5. The Morgan fingerprint density at radius 2 is 1.75 bits per heavy atom. The van der Waals surface area contributed by atoms with E-state index in [1.807, 2.05) is 31.2 Å². The van der Waals surface area contributed by atoms with Crippen LogP contribution in [0.5, 0.6) is 0 Å². The number of aryl methyl sites for hydroxylation is 1. The van der Waals surface area contributed by atoms with Crippen molar-refractivity contribution in [2.75, 3.05) is 4.90 Å². The van der Waals surface area contributed by atoms with Crippen LogP contribution < -0.4 is 4.90 Å². The Balaban J connectivity index is 1.79. The minimum atomic E-state index is -0.142. The fraction of sp³-hybridized carbons (Fsp3) is 0.0952. The highest BCUT2D eigenvalue weighted by molar-refractivity contribution is 7.22. The van der Waals surface area contributed by atoms with Crippen LogP contribution in [-0.2, 0) is 6.54 Å². The van der Waals surface area contributed by atoms with Gasteiger partial charge in [-0.05, 0) is 66.6 Å². The number of hydrogen-bond donors (Lipinski definition) is 0. The Morgan fingerprint density at radius 3 is 2.46 bits per heavy atom. The van der Waals surface area contributed by atoms with E-state index < -0.39 is 0 Å². The summed E-state index contributed by atoms with van der Waals surface area (Å²) in [4.78, 5) is 23.8. The summed E-state index contributed by atoms with van der Waals surface area (Å²) in [5.74, 6) is -0.142. The molecule has 7 heteroatoms. The van der Waals surface area contributed by atoms with Gasteiger partial charge >= 0.3 is 0 Å². The molecule has 4 nitrogen and oxygen atoms in total. The van der Waals surface area contributed by atoms with Crippen molar-refractivity contribution in [1.29, 1.82) is 0 Å². The maximum Gasteiger partial charge on any atom is 0.260 e. The molecule has 0 atom stereocenters. The summed E-state index contributed by atoms with van der Waals surface area (Å²) in [6.45, 7) is 2.35. The summed E-state index contributed by atoms with van der Waals surface area (Å²) < 4.78 is 0.948. The smallest absolute Gasteiger partial charge is 0.260 e. The van der Waals surface area contributed by atoms with Gasteiger partial charge in [0.05, 0.1) is 16.8 Å². The maximum atomic E-state index is 13.3. The molecule has 4 aromatic rings. The second-order valence-electron chi connectivity index (χ2n) is 6.32. The summed E-state index contributed by atoms with van der Waals surface area (Å²) in [6, 6.07) is 14.4. The van der Waals surface area contributed by atoms with E-state index in [0.717, 1.165) is 21.3 Å². The standard InChI is InChI=1S/C21H15Cl2N3OS/c1-13-10-17(23)11-18-19(13)25-21(28-18)26(12-14-6-8-24-9-7-14)20(27)15-2-4-16(22)5-3-15/h2-11H,12H2,1H3. The van der Waals surface area contributed by atoms with Gasteiger partial charge in [-0.25, -0.2) is 4.98 Å². The quantitative estimate of drug-likeness (QED) is 0.392. The van der Waals surface area contributed by atoms with Crippen LogP contribution in [-0.4, -0.2) is 15.9 Å². The molecule has 2 aromatic heterocycles. The number of thiazole rings is 1. The molecule has 0 radical (unpaired) electrons. The maximum absolute atomic E-state index is 13.3. The first-order valence-corrected chi connectivity index (χ1v) is 10.1. The normalized spacial score (nSPS) is 11.0. The molecule has 2 aromatic carbocycles. The molecule has 2 heterocycles. The van der Waals surface area contributed by atoms with Crippen molar-refractivity contribution in [3.05, 3.63) is 87.7 Å². The van der Waals surface area contributed by atoms with E-state index in [9.17, 15) is 4.79 Å². The summed E-state index contributed by atoms with van der Waals surface area (Å²) in [6.07, 6.45) is 3.42. The van der Waals surface area contributed by atoms with Crippen LogP contribution in [0.3, 0.4) is 0 Å². The average molecular weight is 428 g/mol. The molecule has 28 heavy (non-hydrogen) atoms. The van der Waals surface area contributed by atoms with Crippen LogP contribution in [0, 0.1) is 6.92 Å². The summed E-state index contributed by atoms with van der Waals surface area (Å²) in [5, 5.41) is 1.87. The van der Waals surface area contributed by atoms with E-state index >= 15 is 0 Å². The Kier molecular flexibility index (Phi) is 5.31. The van der Waals surface area contributed by atoms with Gasteiger partial charge in [0.1, 0.15) is 0 Å². The molecule has 0 saturated heterocycles. The van der Waals surface area contributed by atoms with Gasteiger partial charge < -0.3 is 0 Å². The van der Waals surface area contributed by atoms with Crippen LogP contribution in [0.15, 0.2) is 60.9 Å². The lowest BCUT2D eigenvalue weighted by molar-refractivity contribution is 0.0985. The highest BCUT2D eigenvalue weighted by Gasteiger charge is 2.22. The molecule has 0 aliphatic heterocycles. The zero-order valence-corrected chi connectivity index (χ0v) is 17.2. The number of carbonyl (C=O) groups is 1. The van der Waals surface area contributed by atoms with Crippen molar-refractivity contribution < 1.29 is 4.79 Å². The number of anilines is 1. The SMILES string of the molecule is Cc1cc(Cl)cc2sc(N(Cc3ccncc3)C(=O)c3ccc(Cl)cc3)nc12. The van der Waals surface area contributed by atoms with Crippen molar-refractivity contribution in [3.8, 4) is 0 Å². The van der Waals surface area contributed by atoms with Crippen LogP contribution in [0.2, 0.25) is 10.0 Å². The van der Waals surface area contributed by atoms with Gasteiger partial charge in [-0.1, -0.05) is 34.5 Å². The topological polar surface area (TPSA) is 46.1 Å². The number of pyridine rings is 1. The summed E-state index contributed by atoms with van der Waals surface area (Å²) >= 11 is 13.6. The minimum absolute atomic E-state index is 0.142. The highest BCUT2D eigenvalue weighted by Crippen LogP contribution is 2.34. The zero-order chi connectivity index (χ0) is 19.7. The van der Waals surface area contributed by atoms with E-state index in [1.165, 1.54) is 11.3 Å². The molecule has 0 N–H and O–H groups in total. The van der Waals surface area contributed by atoms with Gasteiger partial charge in [0.15, 0.2) is 5.13 Å². The second-order valence-corrected chi connectivity index (χ2v) is 8.20. The zero-order valence-electron chi connectivity index (χ0n) is 14.9. The van der Waals surface area contributed by atoms with Crippen molar-refractivity contribution in [2.24, 2.45) is 0 Å². The van der Waals surface area contributed by atoms with E-state index in [0.29, 0.717) is 27.3 Å². The predicted octanol–water partition coefficient (Wildman–Crippen LogP) is 6.15. The first-order valence-electron chi connectivity index (χ1n) is 8.54. The lowest BCUT2D eigenvalue weighted by Crippen LogP contribution is -2.30. The number of hydrogen-bond acceptors (Lipinski definition) is 4. The van der Waals surface area contributed by atoms with Crippen molar-refractivity contribution >= 4 is 55.8 Å². The molecule has 0 aliphatic carbocycles. The minimum Gasteiger partial charge on any atom is -0.279 e. The van der Waals surface area contributed by atoms with Crippen molar-refractivity contribution in [2.45, 2.75) is 13.5 Å². The van der Waals surface area contributed by atoms with E-state index in [2.05, 4.69) is 4.98 Å². The van der Waals surface area contributed by atoms with Gasteiger partial charge in [-0.3, -0.25) is 14.7 Å². The average Bonchev–Trinajstić information content (AvgIpc) is 3.11. The Bertz CT molecular complexity index is 1140. The number of aromatic nitrogens is 2. The van der Waals surface area contributed by atoms with Gasteiger partial charge in [0, 0.05) is 28.0 Å². The molecule has 1 amide bonds. The Labute approximate surface area is 176 Å². The number of halogens is 2. The number of fused-ring (bicyclic) bond motifs is 1. The van der Waals surface area contributed by atoms with Crippen LogP contribution in [0.4, 0.5) is 5.13 Å². The lowest BCUT2D eigenvalue weighted by Gasteiger charge is -2.20. The molecule has 0 aliphatic rings. The Morgan fingerprint density at radius 1 is 1.04 bits per heavy atom. The number of nitrogens with zero attached hydrogens (tertiary/aromatic N) is 3. The molecule has 0 saturated carbocycles. The summed E-state index contributed by atoms with van der Waals surface area (Å²) in [5.41, 5.74) is 3.35. The molecule has 0 fully saturated rings. The fourth-order valence-electron chi connectivity index (χ4n) is 2.90. The van der Waals surface area contributed by atoms with Gasteiger partial charge in [0.25, 0.3) is 5.91 Å². The van der Waals surface area contributed by atoms with Crippen LogP contribution in [0.25, 0.3) is 10.2 Å². The van der Waals surface area contributed by atoms with Gasteiger partial charge in [-0.15, -0.1) is 0 Å². The monoisotopic (exact) mass is 427 g/mol. The van der Waals surface area contributed by atoms with E-state index in [-0.39, 0.29) is 5.91 Å². The van der Waals surface area contributed by atoms with Crippen molar-refractivity contribution in [3.63, 3.8) is 0 Å². The third-order valence-corrected chi connectivity index (χ3v) is 5.79. The molecular weight excluding hydrogens is 413 g/mol. The van der Waals surface area contributed by atoms with E-state index in [1.54, 1.807) is 41.6 Å². The fourth-order valence-corrected chi connectivity index (χ4v) is 4.45. The van der Waals surface area contributed by atoms with Crippen LogP contribution >= 0.6 is 34.5 Å². The largest absolute Gasteiger partial charge is 0.279 e. The third kappa shape index (κ3) is 3.87. The molecular formula is C21H15Cl2N3OS. The molecule has 4 rings (SSSR count). The predicted molar refractivity (Wildman–Crippen MR) is 116 cm³/mol. The number of rotatable bonds is 4. The van der Waals surface area contributed by atoms with Crippen LogP contribution in [0.1, 0.15) is 21.5 Å². The summed E-state index contributed by atoms with van der Waals surface area (Å²) in [7, 11) is 0. The first kappa shape index (κ1) is 18.9. The second kappa shape index (κ2) is 7.87. The molecule has 0 spiro atoms. The molecule has 0 unspecified atom stereocenters. The number of amides is 1. The Hall–Kier alpha value is -2.47. The van der Waals surface area contributed by atoms with E-state index in [4.69, 9.17) is 28.2 Å². The van der Waals surface area contributed by atoms with Crippen molar-refractivity contribution in [1.82, 2.24) is 9.97 Å².